The van der Waals surface area contributed by atoms with Crippen LogP contribution in [0, 0.1) is 34.5 Å². The van der Waals surface area contributed by atoms with E-state index in [0.29, 0.717) is 24.2 Å². The van der Waals surface area contributed by atoms with Crippen molar-refractivity contribution >= 4 is 0 Å². The first kappa shape index (κ1) is 16.7. The van der Waals surface area contributed by atoms with E-state index in [9.17, 15) is 30.6 Å². The zero-order chi connectivity index (χ0) is 18.4. The molecule has 0 heterocycles. The molecule has 0 saturated heterocycles. The molecule has 0 amide bonds. The molecule has 6 nitrogen and oxygen atoms in total. The molecule has 8 aliphatic rings. The minimum Gasteiger partial charge on any atom is -0.384 e. The van der Waals surface area contributed by atoms with Crippen molar-refractivity contribution in [1.82, 2.24) is 0 Å². The largest absolute Gasteiger partial charge is 0.384 e. The minimum atomic E-state index is -2.91. The van der Waals surface area contributed by atoms with Gasteiger partial charge in [0.2, 0.25) is 11.6 Å². The van der Waals surface area contributed by atoms with Gasteiger partial charge in [-0.1, -0.05) is 0 Å². The summed E-state index contributed by atoms with van der Waals surface area (Å²) in [4.78, 5) is 0. The third kappa shape index (κ3) is 1.43. The summed E-state index contributed by atoms with van der Waals surface area (Å²) in [5, 5.41) is 66.6. The van der Waals surface area contributed by atoms with Crippen LogP contribution in [0.25, 0.3) is 0 Å². The third-order valence-electron chi connectivity index (χ3n) is 9.96. The maximum absolute atomic E-state index is 11.4. The van der Waals surface area contributed by atoms with E-state index in [2.05, 4.69) is 0 Å². The van der Waals surface area contributed by atoms with Crippen LogP contribution in [-0.2, 0) is 0 Å². The van der Waals surface area contributed by atoms with Crippen LogP contribution in [0.15, 0.2) is 0 Å². The molecule has 146 valence electrons. The Balaban J connectivity index is 1.56. The van der Waals surface area contributed by atoms with Crippen molar-refractivity contribution in [2.24, 2.45) is 34.5 Å². The van der Waals surface area contributed by atoms with Crippen LogP contribution in [0.4, 0.5) is 0 Å². The molecule has 8 saturated carbocycles. The zero-order valence-corrected chi connectivity index (χ0v) is 15.1. The Labute approximate surface area is 152 Å². The molecule has 6 N–H and O–H groups in total. The molecule has 8 fully saturated rings. The Bertz CT molecular complexity index is 653. The molecule has 0 radical (unpaired) electrons. The Morgan fingerprint density at radius 1 is 0.538 bits per heavy atom. The predicted molar refractivity (Wildman–Crippen MR) is 89.2 cm³/mol. The highest BCUT2D eigenvalue weighted by molar-refractivity contribution is 5.32. The van der Waals surface area contributed by atoms with Gasteiger partial charge in [-0.3, -0.25) is 0 Å². The highest BCUT2D eigenvalue weighted by Gasteiger charge is 2.88. The van der Waals surface area contributed by atoms with Crippen LogP contribution >= 0.6 is 0 Å². The molecule has 8 bridgehead atoms. The lowest BCUT2D eigenvalue weighted by atomic mass is 9.31. The second-order valence-electron chi connectivity index (χ2n) is 11.2. The molecule has 4 atom stereocenters. The minimum absolute atomic E-state index is 0.0506. The second kappa shape index (κ2) is 4.19. The lowest BCUT2D eigenvalue weighted by Crippen LogP contribution is -2.91. The fourth-order valence-electron chi connectivity index (χ4n) is 9.56. The van der Waals surface area contributed by atoms with Crippen molar-refractivity contribution < 1.29 is 30.6 Å². The molecule has 26 heavy (non-hydrogen) atoms. The summed E-state index contributed by atoms with van der Waals surface area (Å²) < 4.78 is 0. The van der Waals surface area contributed by atoms with E-state index in [1.54, 1.807) is 0 Å². The van der Waals surface area contributed by atoms with Crippen LogP contribution in [0.1, 0.15) is 64.2 Å². The van der Waals surface area contributed by atoms with E-state index < -0.39 is 28.2 Å². The van der Waals surface area contributed by atoms with Gasteiger partial charge in [-0.2, -0.15) is 0 Å². The normalized spacial score (nSPS) is 63.5. The monoisotopic (exact) mass is 366 g/mol. The van der Waals surface area contributed by atoms with Gasteiger partial charge in [-0.15, -0.1) is 0 Å². The summed E-state index contributed by atoms with van der Waals surface area (Å²) >= 11 is 0. The number of hydrogen-bond donors (Lipinski definition) is 6. The van der Waals surface area contributed by atoms with Gasteiger partial charge in [0.25, 0.3) is 0 Å². The standard InChI is InChI=1S/C20H30O6/c21-17-8-14-7-16(10-17,19(23,24)18(22,9-14)20(17,25)26)15-4-11-1-12(5-15)3-13(2-11)6-15/h11-14,21-26H,1-10H2. The predicted octanol–water partition coefficient (Wildman–Crippen LogP) is 0.231. The molecule has 0 aromatic carbocycles. The molecule has 6 heteroatoms. The number of aliphatic hydroxyl groups is 6. The Hall–Kier alpha value is -0.240. The van der Waals surface area contributed by atoms with Gasteiger partial charge < -0.3 is 30.6 Å². The van der Waals surface area contributed by atoms with Gasteiger partial charge in [-0.25, -0.2) is 0 Å². The van der Waals surface area contributed by atoms with Crippen LogP contribution in [0.3, 0.4) is 0 Å². The lowest BCUT2D eigenvalue weighted by Gasteiger charge is -2.78. The molecule has 4 unspecified atom stereocenters. The van der Waals surface area contributed by atoms with Crippen LogP contribution in [-0.4, -0.2) is 53.4 Å². The van der Waals surface area contributed by atoms with Gasteiger partial charge in [0.1, 0.15) is 5.60 Å². The Morgan fingerprint density at radius 3 is 1.62 bits per heavy atom. The summed E-state index contributed by atoms with van der Waals surface area (Å²) in [7, 11) is 0. The topological polar surface area (TPSA) is 121 Å². The van der Waals surface area contributed by atoms with E-state index in [4.69, 9.17) is 0 Å². The third-order valence-corrected chi connectivity index (χ3v) is 9.96. The van der Waals surface area contributed by atoms with Crippen molar-refractivity contribution in [3.63, 3.8) is 0 Å². The maximum Gasteiger partial charge on any atom is 0.227 e. The summed E-state index contributed by atoms with van der Waals surface area (Å²) in [6.07, 6.45) is 6.96. The average Bonchev–Trinajstić information content (AvgIpc) is 2.50. The summed E-state index contributed by atoms with van der Waals surface area (Å²) in [6.45, 7) is 0. The molecule has 8 aliphatic carbocycles. The van der Waals surface area contributed by atoms with E-state index in [1.807, 2.05) is 0 Å². The Morgan fingerprint density at radius 2 is 1.08 bits per heavy atom. The van der Waals surface area contributed by atoms with Gasteiger partial charge in [-0.05, 0) is 93.3 Å². The fourth-order valence-corrected chi connectivity index (χ4v) is 9.56. The van der Waals surface area contributed by atoms with Crippen molar-refractivity contribution in [3.05, 3.63) is 0 Å². The summed E-state index contributed by atoms with van der Waals surface area (Å²) in [6, 6.07) is 0. The first-order valence-electron chi connectivity index (χ1n) is 10.3. The molecule has 0 aromatic heterocycles. The lowest BCUT2D eigenvalue weighted by molar-refractivity contribution is -0.522. The maximum atomic E-state index is 11.4. The molecular formula is C20H30O6. The first-order chi connectivity index (χ1) is 12.0. The molecule has 0 aliphatic heterocycles. The Kier molecular flexibility index (Phi) is 2.69. The van der Waals surface area contributed by atoms with Gasteiger partial charge in [0, 0.05) is 5.41 Å². The van der Waals surface area contributed by atoms with Gasteiger partial charge >= 0.3 is 0 Å². The molecule has 0 aromatic rings. The van der Waals surface area contributed by atoms with E-state index in [0.717, 1.165) is 19.3 Å². The van der Waals surface area contributed by atoms with E-state index >= 15 is 0 Å². The highest BCUT2D eigenvalue weighted by Crippen LogP contribution is 2.79. The highest BCUT2D eigenvalue weighted by atomic mass is 16.6. The van der Waals surface area contributed by atoms with E-state index in [1.165, 1.54) is 19.3 Å². The van der Waals surface area contributed by atoms with Gasteiger partial charge in [0.15, 0.2) is 5.60 Å². The smallest absolute Gasteiger partial charge is 0.227 e. The van der Waals surface area contributed by atoms with Crippen molar-refractivity contribution in [2.45, 2.75) is 87.0 Å². The van der Waals surface area contributed by atoms with Crippen molar-refractivity contribution in [2.75, 3.05) is 0 Å². The van der Waals surface area contributed by atoms with Crippen molar-refractivity contribution in [3.8, 4) is 0 Å². The zero-order valence-electron chi connectivity index (χ0n) is 15.1. The number of hydrogen-bond acceptors (Lipinski definition) is 6. The quantitative estimate of drug-likeness (QED) is 0.370. The van der Waals surface area contributed by atoms with Crippen molar-refractivity contribution in [1.29, 1.82) is 0 Å². The average molecular weight is 366 g/mol. The SMILES string of the molecule is OC12CC3CC(O)(C1(O)O)C(O)(O)C(C14CC5CC(CC(C5)C1)C4)(C3)C2. The molecule has 0 spiro atoms. The van der Waals surface area contributed by atoms with Crippen LogP contribution in [0.5, 0.6) is 0 Å². The summed E-state index contributed by atoms with van der Waals surface area (Å²) in [5.74, 6) is -3.89. The molecule has 8 rings (SSSR count). The fraction of sp³-hybridized carbons (Fsp3) is 1.00. The molecular weight excluding hydrogens is 336 g/mol. The van der Waals surface area contributed by atoms with E-state index in [-0.39, 0.29) is 30.6 Å². The first-order valence-corrected chi connectivity index (χ1v) is 10.3. The summed E-state index contributed by atoms with van der Waals surface area (Å²) in [5.41, 5.74) is -5.81. The number of rotatable bonds is 1. The van der Waals surface area contributed by atoms with Gasteiger partial charge in [0.05, 0.1) is 0 Å². The van der Waals surface area contributed by atoms with Crippen LogP contribution < -0.4 is 0 Å². The second-order valence-corrected chi connectivity index (χ2v) is 11.2. The van der Waals surface area contributed by atoms with Crippen LogP contribution in [0.2, 0.25) is 0 Å².